The molecule has 0 aliphatic carbocycles. The summed E-state index contributed by atoms with van der Waals surface area (Å²) in [5, 5.41) is 8.43. The molecular formula is C13H16N2O. The molecule has 0 radical (unpaired) electrons. The van der Waals surface area contributed by atoms with Crippen molar-refractivity contribution in [1.82, 2.24) is 4.90 Å². The molecule has 0 spiro atoms. The van der Waals surface area contributed by atoms with Gasteiger partial charge in [-0.1, -0.05) is 30.3 Å². The molecule has 1 rings (SSSR count). The van der Waals surface area contributed by atoms with Gasteiger partial charge in [-0.2, -0.15) is 5.26 Å². The zero-order valence-electron chi connectivity index (χ0n) is 9.52. The second kappa shape index (κ2) is 6.76. The Morgan fingerprint density at radius 2 is 2.00 bits per heavy atom. The first-order valence-electron chi connectivity index (χ1n) is 5.38. The number of hydrogen-bond acceptors (Lipinski definition) is 3. The van der Waals surface area contributed by atoms with E-state index >= 15 is 0 Å². The van der Waals surface area contributed by atoms with Crippen LogP contribution in [0.15, 0.2) is 30.3 Å². The molecule has 0 unspecified atom stereocenters. The third-order valence-electron chi connectivity index (χ3n) is 2.42. The summed E-state index contributed by atoms with van der Waals surface area (Å²) in [5.41, 5.74) is 0.760. The third-order valence-corrected chi connectivity index (χ3v) is 2.42. The number of hydrogen-bond donors (Lipinski definition) is 0. The van der Waals surface area contributed by atoms with E-state index in [1.807, 2.05) is 42.3 Å². The van der Waals surface area contributed by atoms with Crippen LogP contribution in [0.2, 0.25) is 0 Å². The van der Waals surface area contributed by atoms with Gasteiger partial charge in [-0.05, 0) is 7.05 Å². The second-order valence-electron chi connectivity index (χ2n) is 3.75. The fraction of sp³-hybridized carbons (Fsp3) is 0.385. The lowest BCUT2D eigenvalue weighted by Gasteiger charge is -2.13. The minimum absolute atomic E-state index is 0.157. The first-order valence-corrected chi connectivity index (χ1v) is 5.38. The molecule has 1 aromatic carbocycles. The number of rotatable bonds is 6. The lowest BCUT2D eigenvalue weighted by atomic mass is 10.1. The molecule has 0 amide bonds. The Morgan fingerprint density at radius 3 is 2.62 bits per heavy atom. The van der Waals surface area contributed by atoms with Crippen molar-refractivity contribution in [1.29, 1.82) is 5.26 Å². The van der Waals surface area contributed by atoms with Gasteiger partial charge in [0.1, 0.15) is 0 Å². The summed E-state index contributed by atoms with van der Waals surface area (Å²) < 4.78 is 0. The van der Waals surface area contributed by atoms with Crippen LogP contribution in [-0.4, -0.2) is 30.8 Å². The molecule has 0 N–H and O–H groups in total. The number of carbonyl (C=O) groups is 1. The lowest BCUT2D eigenvalue weighted by molar-refractivity contribution is 0.0969. The zero-order valence-corrected chi connectivity index (χ0v) is 9.52. The molecule has 0 atom stereocenters. The van der Waals surface area contributed by atoms with E-state index in [0.29, 0.717) is 19.4 Å². The Morgan fingerprint density at radius 1 is 1.31 bits per heavy atom. The second-order valence-corrected chi connectivity index (χ2v) is 3.75. The summed E-state index contributed by atoms with van der Waals surface area (Å²) in [6.07, 6.45) is 1.02. The van der Waals surface area contributed by atoms with Crippen LogP contribution < -0.4 is 0 Å². The molecule has 0 bridgehead atoms. The fourth-order valence-electron chi connectivity index (χ4n) is 1.41. The van der Waals surface area contributed by atoms with Crippen LogP contribution in [0.1, 0.15) is 23.2 Å². The minimum Gasteiger partial charge on any atom is -0.305 e. The van der Waals surface area contributed by atoms with Crippen molar-refractivity contribution in [3.8, 4) is 6.07 Å². The van der Waals surface area contributed by atoms with Crippen LogP contribution in [0.5, 0.6) is 0 Å². The maximum absolute atomic E-state index is 11.7. The van der Waals surface area contributed by atoms with Gasteiger partial charge in [0, 0.05) is 31.5 Å². The first-order chi connectivity index (χ1) is 7.74. The van der Waals surface area contributed by atoms with Gasteiger partial charge in [0.05, 0.1) is 6.07 Å². The molecular weight excluding hydrogens is 200 g/mol. The number of nitriles is 1. The van der Waals surface area contributed by atoms with E-state index in [0.717, 1.165) is 12.1 Å². The summed E-state index contributed by atoms with van der Waals surface area (Å²) in [7, 11) is 1.93. The lowest BCUT2D eigenvalue weighted by Crippen LogP contribution is -2.22. The van der Waals surface area contributed by atoms with Crippen LogP contribution >= 0.6 is 0 Å². The van der Waals surface area contributed by atoms with Gasteiger partial charge < -0.3 is 4.90 Å². The Hall–Kier alpha value is -1.66. The molecule has 0 saturated carbocycles. The smallest absolute Gasteiger partial charge is 0.164 e. The van der Waals surface area contributed by atoms with Crippen LogP contribution in [0.25, 0.3) is 0 Å². The number of ketones is 1. The van der Waals surface area contributed by atoms with Gasteiger partial charge in [0.25, 0.3) is 0 Å². The summed E-state index contributed by atoms with van der Waals surface area (Å²) in [6, 6.07) is 11.4. The molecule has 16 heavy (non-hydrogen) atoms. The first kappa shape index (κ1) is 12.4. The van der Waals surface area contributed by atoms with Gasteiger partial charge in [-0.15, -0.1) is 0 Å². The summed E-state index contributed by atoms with van der Waals surface area (Å²) in [5.74, 6) is 0.157. The maximum Gasteiger partial charge on any atom is 0.164 e. The van der Waals surface area contributed by atoms with Crippen molar-refractivity contribution >= 4 is 5.78 Å². The van der Waals surface area contributed by atoms with E-state index in [2.05, 4.69) is 6.07 Å². The Bertz CT molecular complexity index is 367. The van der Waals surface area contributed by atoms with Crippen molar-refractivity contribution in [3.63, 3.8) is 0 Å². The highest BCUT2D eigenvalue weighted by molar-refractivity contribution is 5.96. The van der Waals surface area contributed by atoms with Crippen LogP contribution in [0.3, 0.4) is 0 Å². The third kappa shape index (κ3) is 4.24. The average Bonchev–Trinajstić information content (AvgIpc) is 2.34. The molecule has 0 heterocycles. The van der Waals surface area contributed by atoms with Crippen LogP contribution in [0.4, 0.5) is 0 Å². The largest absolute Gasteiger partial charge is 0.305 e. The van der Waals surface area contributed by atoms with Crippen molar-refractivity contribution < 1.29 is 4.79 Å². The average molecular weight is 216 g/mol. The SMILES string of the molecule is CN(CCC#N)CCC(=O)c1ccccc1. The molecule has 0 saturated heterocycles. The normalized spacial score (nSPS) is 10.1. The van der Waals surface area contributed by atoms with Gasteiger partial charge in [-0.25, -0.2) is 0 Å². The van der Waals surface area contributed by atoms with Gasteiger partial charge in [0.15, 0.2) is 5.78 Å². The van der Waals surface area contributed by atoms with Crippen molar-refractivity contribution in [2.45, 2.75) is 12.8 Å². The van der Waals surface area contributed by atoms with E-state index in [1.54, 1.807) is 0 Å². The monoisotopic (exact) mass is 216 g/mol. The topological polar surface area (TPSA) is 44.1 Å². The number of Topliss-reactive ketones (excluding diaryl/α,β-unsaturated/α-hetero) is 1. The van der Waals surface area contributed by atoms with Gasteiger partial charge in [-0.3, -0.25) is 4.79 Å². The highest BCUT2D eigenvalue weighted by Gasteiger charge is 2.06. The summed E-state index contributed by atoms with van der Waals surface area (Å²) >= 11 is 0. The quantitative estimate of drug-likeness (QED) is 0.684. The fourth-order valence-corrected chi connectivity index (χ4v) is 1.41. The highest BCUT2D eigenvalue weighted by atomic mass is 16.1. The molecule has 0 aliphatic heterocycles. The minimum atomic E-state index is 0.157. The Kier molecular flexibility index (Phi) is 5.24. The van der Waals surface area contributed by atoms with E-state index in [4.69, 9.17) is 5.26 Å². The highest BCUT2D eigenvalue weighted by Crippen LogP contribution is 2.03. The van der Waals surface area contributed by atoms with E-state index in [1.165, 1.54) is 0 Å². The number of carbonyl (C=O) groups excluding carboxylic acids is 1. The van der Waals surface area contributed by atoms with Gasteiger partial charge in [0.2, 0.25) is 0 Å². The molecule has 3 nitrogen and oxygen atoms in total. The molecule has 3 heteroatoms. The van der Waals surface area contributed by atoms with Crippen LogP contribution in [0, 0.1) is 11.3 Å². The molecule has 0 aliphatic rings. The summed E-state index contributed by atoms with van der Waals surface area (Å²) in [4.78, 5) is 13.7. The molecule has 0 fully saturated rings. The van der Waals surface area contributed by atoms with Crippen molar-refractivity contribution in [3.05, 3.63) is 35.9 Å². The summed E-state index contributed by atoms with van der Waals surface area (Å²) in [6.45, 7) is 1.42. The molecule has 1 aromatic rings. The molecule has 0 aromatic heterocycles. The van der Waals surface area contributed by atoms with E-state index in [-0.39, 0.29) is 5.78 Å². The predicted octanol–water partition coefficient (Wildman–Crippen LogP) is 2.10. The number of benzene rings is 1. The Balaban J connectivity index is 2.34. The maximum atomic E-state index is 11.7. The number of nitrogens with zero attached hydrogens (tertiary/aromatic N) is 2. The van der Waals surface area contributed by atoms with Crippen molar-refractivity contribution in [2.24, 2.45) is 0 Å². The van der Waals surface area contributed by atoms with Crippen molar-refractivity contribution in [2.75, 3.05) is 20.1 Å². The Labute approximate surface area is 96.3 Å². The zero-order chi connectivity index (χ0) is 11.8. The predicted molar refractivity (Wildman–Crippen MR) is 63.1 cm³/mol. The van der Waals surface area contributed by atoms with Crippen LogP contribution in [-0.2, 0) is 0 Å². The standard InChI is InChI=1S/C13H16N2O/c1-15(10-5-9-14)11-8-13(16)12-6-3-2-4-7-12/h2-4,6-7H,5,8,10-11H2,1H3. The molecule has 84 valence electrons. The van der Waals surface area contributed by atoms with E-state index < -0.39 is 0 Å². The van der Waals surface area contributed by atoms with E-state index in [9.17, 15) is 4.79 Å². The van der Waals surface area contributed by atoms with Gasteiger partial charge >= 0.3 is 0 Å².